The van der Waals surface area contributed by atoms with Crippen LogP contribution in [-0.2, 0) is 0 Å². The quantitative estimate of drug-likeness (QED) is 0.747. The Balaban J connectivity index is 1.94. The third-order valence-corrected chi connectivity index (χ3v) is 2.53. The fourth-order valence-corrected chi connectivity index (χ4v) is 1.68. The van der Waals surface area contributed by atoms with Gasteiger partial charge in [-0.25, -0.2) is 14.3 Å². The average molecular weight is 258 g/mol. The van der Waals surface area contributed by atoms with Crippen LogP contribution in [0.5, 0.6) is 0 Å². The van der Waals surface area contributed by atoms with E-state index >= 15 is 0 Å². The van der Waals surface area contributed by atoms with Crippen molar-refractivity contribution in [1.82, 2.24) is 14.6 Å². The number of aromatic carboxylic acids is 1. The third-order valence-electron chi connectivity index (χ3n) is 2.53. The molecule has 2 N–H and O–H groups in total. The number of hydrogen-bond donors (Lipinski definition) is 2. The van der Waals surface area contributed by atoms with Gasteiger partial charge in [0.1, 0.15) is 5.76 Å². The summed E-state index contributed by atoms with van der Waals surface area (Å²) in [6, 6.07) is 7.00. The molecule has 0 bridgehead atoms. The van der Waals surface area contributed by atoms with Gasteiger partial charge in [0.25, 0.3) is 0 Å². The largest absolute Gasteiger partial charge is 0.476 e. The maximum absolute atomic E-state index is 10.8. The van der Waals surface area contributed by atoms with Gasteiger partial charge in [-0.1, -0.05) is 0 Å². The number of anilines is 2. The lowest BCUT2D eigenvalue weighted by Crippen LogP contribution is -1.97. The zero-order valence-corrected chi connectivity index (χ0v) is 9.99. The molecular formula is C12H10N4O3. The summed E-state index contributed by atoms with van der Waals surface area (Å²) < 4.78 is 6.78. The molecule has 0 aromatic carbocycles. The first-order chi connectivity index (χ1) is 9.11. The number of nitrogens with zero attached hydrogens (tertiary/aromatic N) is 3. The lowest BCUT2D eigenvalue weighted by atomic mass is 10.5. The van der Waals surface area contributed by atoms with E-state index in [4.69, 9.17) is 9.52 Å². The molecule has 7 nitrogen and oxygen atoms in total. The van der Waals surface area contributed by atoms with Gasteiger partial charge in [-0.2, -0.15) is 0 Å². The Bertz CT molecular complexity index is 759. The molecule has 0 aliphatic carbocycles. The topological polar surface area (TPSA) is 92.7 Å². The molecule has 96 valence electrons. The summed E-state index contributed by atoms with van der Waals surface area (Å²) in [5.41, 5.74) is 0.428. The van der Waals surface area contributed by atoms with E-state index in [1.807, 2.05) is 13.0 Å². The van der Waals surface area contributed by atoms with Gasteiger partial charge < -0.3 is 14.8 Å². The van der Waals surface area contributed by atoms with Crippen molar-refractivity contribution < 1.29 is 14.3 Å². The fourth-order valence-electron chi connectivity index (χ4n) is 1.68. The van der Waals surface area contributed by atoms with Crippen molar-refractivity contribution >= 4 is 23.3 Å². The number of carbonyl (C=O) groups is 1. The molecule has 0 amide bonds. The zero-order chi connectivity index (χ0) is 13.4. The van der Waals surface area contributed by atoms with Gasteiger partial charge in [-0.05, 0) is 25.1 Å². The van der Waals surface area contributed by atoms with E-state index in [0.717, 1.165) is 5.76 Å². The van der Waals surface area contributed by atoms with Crippen molar-refractivity contribution in [2.45, 2.75) is 6.92 Å². The van der Waals surface area contributed by atoms with E-state index < -0.39 is 5.97 Å². The first-order valence-electron chi connectivity index (χ1n) is 5.55. The van der Waals surface area contributed by atoms with Crippen molar-refractivity contribution in [1.29, 1.82) is 0 Å². The van der Waals surface area contributed by atoms with Gasteiger partial charge in [0.2, 0.25) is 0 Å². The number of aromatic nitrogens is 3. The van der Waals surface area contributed by atoms with Crippen LogP contribution < -0.4 is 5.32 Å². The molecule has 0 unspecified atom stereocenters. The third kappa shape index (κ3) is 2.13. The normalized spacial score (nSPS) is 10.8. The Morgan fingerprint density at radius 1 is 1.37 bits per heavy atom. The molecule has 0 saturated carbocycles. The SMILES string of the molecule is Cc1ccc(Nc2ccc3nc(C(=O)O)cn3n2)o1. The van der Waals surface area contributed by atoms with Crippen molar-refractivity contribution in [2.24, 2.45) is 0 Å². The molecule has 0 aliphatic heterocycles. The number of fused-ring (bicyclic) bond motifs is 1. The van der Waals surface area contributed by atoms with E-state index in [1.165, 1.54) is 10.7 Å². The van der Waals surface area contributed by atoms with E-state index in [1.54, 1.807) is 18.2 Å². The summed E-state index contributed by atoms with van der Waals surface area (Å²) in [7, 11) is 0. The Hall–Kier alpha value is -2.83. The summed E-state index contributed by atoms with van der Waals surface area (Å²) in [4.78, 5) is 14.7. The number of rotatable bonds is 3. The molecule has 0 fully saturated rings. The van der Waals surface area contributed by atoms with Crippen molar-refractivity contribution in [3.8, 4) is 0 Å². The minimum Gasteiger partial charge on any atom is -0.476 e. The Kier molecular flexibility index (Phi) is 2.45. The Labute approximate surface area is 107 Å². The zero-order valence-electron chi connectivity index (χ0n) is 9.99. The van der Waals surface area contributed by atoms with E-state index in [0.29, 0.717) is 17.3 Å². The fraction of sp³-hybridized carbons (Fsp3) is 0.0833. The Morgan fingerprint density at radius 3 is 2.89 bits per heavy atom. The van der Waals surface area contributed by atoms with E-state index in [2.05, 4.69) is 15.4 Å². The number of hydrogen-bond acceptors (Lipinski definition) is 5. The maximum Gasteiger partial charge on any atom is 0.356 e. The van der Waals surface area contributed by atoms with Gasteiger partial charge in [0.05, 0.1) is 6.20 Å². The number of aryl methyl sites for hydroxylation is 1. The monoisotopic (exact) mass is 258 g/mol. The van der Waals surface area contributed by atoms with Gasteiger partial charge >= 0.3 is 5.97 Å². The molecule has 3 aromatic rings. The second-order valence-corrected chi connectivity index (χ2v) is 3.99. The minimum atomic E-state index is -1.08. The lowest BCUT2D eigenvalue weighted by molar-refractivity contribution is 0.0691. The minimum absolute atomic E-state index is 0.0431. The van der Waals surface area contributed by atoms with Crippen LogP contribution in [-0.4, -0.2) is 25.7 Å². The van der Waals surface area contributed by atoms with Crippen LogP contribution in [0, 0.1) is 6.92 Å². The first-order valence-corrected chi connectivity index (χ1v) is 5.55. The molecule has 19 heavy (non-hydrogen) atoms. The second kappa shape index (κ2) is 4.13. The van der Waals surface area contributed by atoms with Crippen LogP contribution in [0.3, 0.4) is 0 Å². The molecule has 0 saturated heterocycles. The highest BCUT2D eigenvalue weighted by atomic mass is 16.4. The maximum atomic E-state index is 10.8. The summed E-state index contributed by atoms with van der Waals surface area (Å²) >= 11 is 0. The van der Waals surface area contributed by atoms with Crippen LogP contribution >= 0.6 is 0 Å². The van der Waals surface area contributed by atoms with Gasteiger partial charge in [-0.3, -0.25) is 0 Å². The van der Waals surface area contributed by atoms with Gasteiger partial charge in [0.15, 0.2) is 23.0 Å². The summed E-state index contributed by atoms with van der Waals surface area (Å²) in [6.07, 6.45) is 1.36. The smallest absolute Gasteiger partial charge is 0.356 e. The molecule has 0 spiro atoms. The summed E-state index contributed by atoms with van der Waals surface area (Å²) in [5.74, 6) is 0.820. The standard InChI is InChI=1S/C12H10N4O3/c1-7-2-5-11(19-7)14-9-3-4-10-13-8(12(17)18)6-16(10)15-9/h2-6H,1H3,(H,14,15)(H,17,18). The number of imidazole rings is 1. The van der Waals surface area contributed by atoms with Crippen molar-refractivity contribution in [3.63, 3.8) is 0 Å². The van der Waals surface area contributed by atoms with Crippen LogP contribution in [0.2, 0.25) is 0 Å². The number of furan rings is 1. The van der Waals surface area contributed by atoms with Crippen LogP contribution in [0.25, 0.3) is 5.65 Å². The highest BCUT2D eigenvalue weighted by Gasteiger charge is 2.10. The summed E-state index contributed by atoms with van der Waals surface area (Å²) in [6.45, 7) is 1.84. The number of carboxylic acids is 1. The second-order valence-electron chi connectivity index (χ2n) is 3.99. The Morgan fingerprint density at radius 2 is 2.21 bits per heavy atom. The molecule has 0 atom stereocenters. The molecular weight excluding hydrogens is 248 g/mol. The van der Waals surface area contributed by atoms with E-state index in [-0.39, 0.29) is 5.69 Å². The first kappa shape index (κ1) is 11.3. The summed E-state index contributed by atoms with van der Waals surface area (Å²) in [5, 5.41) is 16.0. The number of nitrogens with one attached hydrogen (secondary N) is 1. The number of carboxylic acid groups (broad SMARTS) is 1. The predicted molar refractivity (Wildman–Crippen MR) is 66.7 cm³/mol. The predicted octanol–water partition coefficient (Wildman–Crippen LogP) is 2.07. The van der Waals surface area contributed by atoms with Crippen LogP contribution in [0.15, 0.2) is 34.9 Å². The molecule has 3 rings (SSSR count). The van der Waals surface area contributed by atoms with Gasteiger partial charge in [-0.15, -0.1) is 5.10 Å². The molecule has 3 aromatic heterocycles. The molecule has 3 heterocycles. The highest BCUT2D eigenvalue weighted by Crippen LogP contribution is 2.17. The lowest BCUT2D eigenvalue weighted by Gasteiger charge is -2.01. The van der Waals surface area contributed by atoms with Crippen LogP contribution in [0.1, 0.15) is 16.2 Å². The van der Waals surface area contributed by atoms with E-state index in [9.17, 15) is 4.79 Å². The molecule has 0 radical (unpaired) electrons. The highest BCUT2D eigenvalue weighted by molar-refractivity contribution is 5.86. The van der Waals surface area contributed by atoms with Crippen molar-refractivity contribution in [2.75, 3.05) is 5.32 Å². The molecule has 7 heteroatoms. The van der Waals surface area contributed by atoms with Crippen LogP contribution in [0.4, 0.5) is 11.7 Å². The van der Waals surface area contributed by atoms with Gasteiger partial charge in [0, 0.05) is 6.07 Å². The average Bonchev–Trinajstić information content (AvgIpc) is 2.95. The molecule has 0 aliphatic rings. The van der Waals surface area contributed by atoms with Crippen molar-refractivity contribution in [3.05, 3.63) is 41.9 Å².